The van der Waals surface area contributed by atoms with Crippen LogP contribution >= 0.6 is 0 Å². The standard InChI is InChI=1S/C12H18N2OS/c1-4-7-10(2)16(15)14-11(3)12-8-5-6-9-13-12/h5-6,8-10H,4,7H2,1-3H3/b14-11-. The Balaban J connectivity index is 2.74. The first-order valence-corrected chi connectivity index (χ1v) is 6.69. The van der Waals surface area contributed by atoms with Crippen molar-refractivity contribution in [2.75, 3.05) is 0 Å². The third kappa shape index (κ3) is 3.85. The number of aromatic nitrogens is 1. The number of hydrogen-bond acceptors (Lipinski definition) is 2. The van der Waals surface area contributed by atoms with E-state index in [0.29, 0.717) is 0 Å². The van der Waals surface area contributed by atoms with Crippen molar-refractivity contribution < 1.29 is 4.21 Å². The zero-order valence-electron chi connectivity index (χ0n) is 10.0. The Labute approximate surface area is 99.6 Å². The Hall–Kier alpha value is -1.03. The first kappa shape index (κ1) is 13.0. The molecule has 0 aromatic carbocycles. The second-order valence-electron chi connectivity index (χ2n) is 3.77. The quantitative estimate of drug-likeness (QED) is 0.740. The van der Waals surface area contributed by atoms with E-state index >= 15 is 0 Å². The molecule has 16 heavy (non-hydrogen) atoms. The maximum absolute atomic E-state index is 11.8. The third-order valence-corrected chi connectivity index (χ3v) is 3.68. The molecule has 2 atom stereocenters. The van der Waals surface area contributed by atoms with Gasteiger partial charge < -0.3 is 0 Å². The number of nitrogens with zero attached hydrogens (tertiary/aromatic N) is 2. The van der Waals surface area contributed by atoms with Gasteiger partial charge in [-0.3, -0.25) is 4.98 Å². The smallest absolute Gasteiger partial charge is 0.142 e. The summed E-state index contributed by atoms with van der Waals surface area (Å²) in [6.45, 7) is 5.90. The monoisotopic (exact) mass is 238 g/mol. The van der Waals surface area contributed by atoms with Crippen LogP contribution in [0.1, 0.15) is 39.3 Å². The molecule has 0 saturated carbocycles. The largest absolute Gasteiger partial charge is 0.255 e. The zero-order chi connectivity index (χ0) is 12.0. The molecule has 1 aromatic rings. The van der Waals surface area contributed by atoms with Gasteiger partial charge in [0.1, 0.15) is 11.0 Å². The molecule has 4 heteroatoms. The Morgan fingerprint density at radius 2 is 2.31 bits per heavy atom. The van der Waals surface area contributed by atoms with Crippen LogP contribution in [0.25, 0.3) is 0 Å². The summed E-state index contributed by atoms with van der Waals surface area (Å²) in [5.74, 6) is 0. The van der Waals surface area contributed by atoms with Gasteiger partial charge in [0, 0.05) is 6.20 Å². The molecule has 0 aliphatic rings. The lowest BCUT2D eigenvalue weighted by Crippen LogP contribution is -2.10. The topological polar surface area (TPSA) is 42.3 Å². The van der Waals surface area contributed by atoms with Gasteiger partial charge in [0.2, 0.25) is 0 Å². The van der Waals surface area contributed by atoms with Crippen molar-refractivity contribution in [1.29, 1.82) is 0 Å². The summed E-state index contributed by atoms with van der Waals surface area (Å²) in [5, 5.41) is 0.115. The van der Waals surface area contributed by atoms with Gasteiger partial charge in [-0.05, 0) is 32.4 Å². The van der Waals surface area contributed by atoms with Crippen LogP contribution in [0.3, 0.4) is 0 Å². The van der Waals surface area contributed by atoms with Crippen molar-refractivity contribution in [1.82, 2.24) is 4.98 Å². The molecule has 0 spiro atoms. The lowest BCUT2D eigenvalue weighted by molar-refractivity contribution is 0.664. The predicted octanol–water partition coefficient (Wildman–Crippen LogP) is 2.74. The minimum Gasteiger partial charge on any atom is -0.255 e. The second-order valence-corrected chi connectivity index (χ2v) is 5.31. The van der Waals surface area contributed by atoms with Crippen LogP contribution in [-0.4, -0.2) is 20.2 Å². The summed E-state index contributed by atoms with van der Waals surface area (Å²) in [4.78, 5) is 4.17. The highest BCUT2D eigenvalue weighted by molar-refractivity contribution is 7.84. The molecule has 0 N–H and O–H groups in total. The Morgan fingerprint density at radius 3 is 2.88 bits per heavy atom. The van der Waals surface area contributed by atoms with Crippen molar-refractivity contribution >= 4 is 16.7 Å². The molecule has 0 saturated heterocycles. The molecule has 2 unspecified atom stereocenters. The molecule has 0 aliphatic carbocycles. The van der Waals surface area contributed by atoms with E-state index in [1.165, 1.54) is 0 Å². The maximum Gasteiger partial charge on any atom is 0.142 e. The van der Waals surface area contributed by atoms with Gasteiger partial charge in [0.05, 0.1) is 16.7 Å². The highest BCUT2D eigenvalue weighted by Gasteiger charge is 2.09. The predicted molar refractivity (Wildman–Crippen MR) is 69.0 cm³/mol. The molecule has 0 radical (unpaired) electrons. The first-order valence-electron chi connectivity index (χ1n) is 5.52. The molecule has 0 aliphatic heterocycles. The van der Waals surface area contributed by atoms with Gasteiger partial charge in [-0.2, -0.15) is 4.40 Å². The van der Waals surface area contributed by atoms with E-state index in [4.69, 9.17) is 0 Å². The van der Waals surface area contributed by atoms with Crippen LogP contribution in [0.5, 0.6) is 0 Å². The van der Waals surface area contributed by atoms with Gasteiger partial charge in [0.15, 0.2) is 0 Å². The van der Waals surface area contributed by atoms with E-state index in [1.54, 1.807) is 6.20 Å². The van der Waals surface area contributed by atoms with Crippen LogP contribution in [-0.2, 0) is 11.0 Å². The molecule has 88 valence electrons. The maximum atomic E-state index is 11.8. The molecule has 0 amide bonds. The number of hydrogen-bond donors (Lipinski definition) is 0. The van der Waals surface area contributed by atoms with E-state index in [-0.39, 0.29) is 5.25 Å². The minimum atomic E-state index is -1.15. The van der Waals surface area contributed by atoms with Crippen LogP contribution in [0, 0.1) is 0 Å². The van der Waals surface area contributed by atoms with Crippen LogP contribution in [0.15, 0.2) is 28.8 Å². The Kier molecular flexibility index (Phi) is 5.32. The highest BCUT2D eigenvalue weighted by Crippen LogP contribution is 2.07. The molecule has 0 bridgehead atoms. The van der Waals surface area contributed by atoms with Crippen LogP contribution in [0.2, 0.25) is 0 Å². The fourth-order valence-corrected chi connectivity index (χ4v) is 2.34. The summed E-state index contributed by atoms with van der Waals surface area (Å²) in [5.41, 5.74) is 1.53. The molecule has 1 heterocycles. The van der Waals surface area contributed by atoms with Crippen molar-refractivity contribution in [3.8, 4) is 0 Å². The van der Waals surface area contributed by atoms with E-state index in [0.717, 1.165) is 24.2 Å². The van der Waals surface area contributed by atoms with Gasteiger partial charge in [-0.25, -0.2) is 4.21 Å². The first-order chi connectivity index (χ1) is 7.65. The van der Waals surface area contributed by atoms with E-state index in [2.05, 4.69) is 16.3 Å². The fourth-order valence-electron chi connectivity index (χ4n) is 1.36. The summed E-state index contributed by atoms with van der Waals surface area (Å²) in [7, 11) is -1.15. The van der Waals surface area contributed by atoms with Gasteiger partial charge in [-0.15, -0.1) is 0 Å². The molecule has 1 rings (SSSR count). The van der Waals surface area contributed by atoms with Crippen LogP contribution in [0.4, 0.5) is 0 Å². The molecule has 0 fully saturated rings. The minimum absolute atomic E-state index is 0.115. The summed E-state index contributed by atoms with van der Waals surface area (Å²) >= 11 is 0. The third-order valence-electron chi connectivity index (χ3n) is 2.30. The summed E-state index contributed by atoms with van der Waals surface area (Å²) in [6.07, 6.45) is 3.68. The average Bonchev–Trinajstić information content (AvgIpc) is 2.30. The molecule has 1 aromatic heterocycles. The average molecular weight is 238 g/mol. The molecule has 3 nitrogen and oxygen atoms in total. The van der Waals surface area contributed by atoms with E-state index in [1.807, 2.05) is 32.0 Å². The summed E-state index contributed by atoms with van der Waals surface area (Å²) in [6, 6.07) is 5.63. The van der Waals surface area contributed by atoms with Crippen molar-refractivity contribution in [2.24, 2.45) is 4.40 Å². The SMILES string of the molecule is CCCC(C)S(=O)/N=C(/C)c1ccccn1. The lowest BCUT2D eigenvalue weighted by atomic mass is 10.3. The highest BCUT2D eigenvalue weighted by atomic mass is 32.2. The normalized spacial score (nSPS) is 15.8. The second kappa shape index (κ2) is 6.53. The Morgan fingerprint density at radius 1 is 1.56 bits per heavy atom. The van der Waals surface area contributed by atoms with Crippen molar-refractivity contribution in [2.45, 2.75) is 38.9 Å². The molecular weight excluding hydrogens is 220 g/mol. The van der Waals surface area contributed by atoms with E-state index < -0.39 is 11.0 Å². The zero-order valence-corrected chi connectivity index (χ0v) is 10.8. The van der Waals surface area contributed by atoms with Crippen molar-refractivity contribution in [3.05, 3.63) is 30.1 Å². The summed E-state index contributed by atoms with van der Waals surface area (Å²) < 4.78 is 16.0. The van der Waals surface area contributed by atoms with Gasteiger partial charge in [0.25, 0.3) is 0 Å². The van der Waals surface area contributed by atoms with Crippen molar-refractivity contribution in [3.63, 3.8) is 0 Å². The van der Waals surface area contributed by atoms with Gasteiger partial charge >= 0.3 is 0 Å². The van der Waals surface area contributed by atoms with Gasteiger partial charge in [-0.1, -0.05) is 19.4 Å². The van der Waals surface area contributed by atoms with E-state index in [9.17, 15) is 4.21 Å². The number of rotatable bonds is 5. The Bertz CT molecular complexity index is 376. The molecular formula is C12H18N2OS. The fraction of sp³-hybridized carbons (Fsp3) is 0.500. The van der Waals surface area contributed by atoms with Crippen LogP contribution < -0.4 is 0 Å². The lowest BCUT2D eigenvalue weighted by Gasteiger charge is -2.06. The number of pyridine rings is 1.